The van der Waals surface area contributed by atoms with Crippen LogP contribution in [0.3, 0.4) is 0 Å². The van der Waals surface area contributed by atoms with Crippen molar-refractivity contribution in [2.24, 2.45) is 0 Å². The molecule has 0 radical (unpaired) electrons. The molecule has 5 aromatic rings. The van der Waals surface area contributed by atoms with Crippen LogP contribution in [0.2, 0.25) is 0 Å². The fraction of sp³-hybridized carbons (Fsp3) is 0.257. The maximum absolute atomic E-state index is 13.9. The van der Waals surface area contributed by atoms with Crippen molar-refractivity contribution in [3.8, 4) is 11.3 Å². The normalized spacial score (nSPS) is 15.2. The summed E-state index contributed by atoms with van der Waals surface area (Å²) in [6, 6.07) is 20.9. The van der Waals surface area contributed by atoms with E-state index in [4.69, 9.17) is 4.98 Å². The van der Waals surface area contributed by atoms with Gasteiger partial charge in [-0.05, 0) is 85.7 Å². The minimum Gasteiger partial charge on any atom is -0.368 e. The van der Waals surface area contributed by atoms with E-state index in [0.717, 1.165) is 38.8 Å². The van der Waals surface area contributed by atoms with Crippen LogP contribution in [0.4, 0.5) is 5.82 Å². The average Bonchev–Trinajstić information content (AvgIpc) is 3.31. The van der Waals surface area contributed by atoms with E-state index in [9.17, 15) is 13.2 Å². The zero-order valence-corrected chi connectivity index (χ0v) is 25.6. The van der Waals surface area contributed by atoms with Crippen LogP contribution < -0.4 is 5.32 Å². The van der Waals surface area contributed by atoms with Crippen LogP contribution in [0, 0.1) is 27.7 Å². The standard InChI is InChI=1S/C35H35N3O3S/c1-20(2)25-13-12-22(4)28(17-25)29-18-36-35-33(34(29)39)23(5)16-30(37-35)27-8-7-9-31-32(27)24(6)19-38(31)42(40,41)26-14-10-21(3)11-15-26/h7-17,19-20,29H,18H2,1-6H3,(H,36,37). The Kier molecular flexibility index (Phi) is 6.81. The second kappa shape index (κ2) is 10.2. The maximum atomic E-state index is 13.9. The molecule has 0 saturated carbocycles. The SMILES string of the molecule is Cc1ccc(S(=O)(=O)n2cc(C)c3c(-c4cc(C)c5c(n4)NCC(c4cc(C(C)C)ccc4C)C5=O)cccc32)cc1. The number of Topliss-reactive ketones (excluding diaryl/α,β-unsaturated/α-hetero) is 1. The fourth-order valence-corrected chi connectivity index (χ4v) is 7.46. The van der Waals surface area contributed by atoms with E-state index in [1.807, 2.05) is 45.0 Å². The topological polar surface area (TPSA) is 81.1 Å². The number of aryl methyl sites for hydroxylation is 4. The van der Waals surface area contributed by atoms with Crippen molar-refractivity contribution in [2.45, 2.75) is 58.3 Å². The molecule has 1 unspecified atom stereocenters. The third-order valence-corrected chi connectivity index (χ3v) is 10.1. The highest BCUT2D eigenvalue weighted by atomic mass is 32.2. The summed E-state index contributed by atoms with van der Waals surface area (Å²) in [6.07, 6.45) is 1.68. The summed E-state index contributed by atoms with van der Waals surface area (Å²) in [5.41, 5.74) is 8.79. The van der Waals surface area contributed by atoms with Crippen LogP contribution in [0.1, 0.15) is 69.4 Å². The van der Waals surface area contributed by atoms with E-state index < -0.39 is 10.0 Å². The summed E-state index contributed by atoms with van der Waals surface area (Å²) in [6.45, 7) is 12.6. The lowest BCUT2D eigenvalue weighted by atomic mass is 9.82. The first-order chi connectivity index (χ1) is 20.0. The zero-order chi connectivity index (χ0) is 29.9. The zero-order valence-electron chi connectivity index (χ0n) is 24.8. The molecule has 6 nitrogen and oxygen atoms in total. The molecule has 0 saturated heterocycles. The number of rotatable bonds is 5. The largest absolute Gasteiger partial charge is 0.368 e. The number of pyridine rings is 1. The number of carbonyl (C=O) groups excluding carboxylic acids is 1. The van der Waals surface area contributed by atoms with E-state index in [1.54, 1.807) is 30.5 Å². The molecule has 6 rings (SSSR count). The number of fused-ring (bicyclic) bond motifs is 2. The van der Waals surface area contributed by atoms with Gasteiger partial charge >= 0.3 is 0 Å². The number of nitrogens with zero attached hydrogens (tertiary/aromatic N) is 2. The quantitative estimate of drug-likeness (QED) is 0.232. The Morgan fingerprint density at radius 2 is 1.64 bits per heavy atom. The van der Waals surface area contributed by atoms with Gasteiger partial charge in [0.2, 0.25) is 0 Å². The molecule has 42 heavy (non-hydrogen) atoms. The molecule has 0 spiro atoms. The number of hydrogen-bond acceptors (Lipinski definition) is 5. The van der Waals surface area contributed by atoms with Crippen LogP contribution in [0.25, 0.3) is 22.2 Å². The average molecular weight is 578 g/mol. The molecular formula is C35H35N3O3S. The Morgan fingerprint density at radius 3 is 2.36 bits per heavy atom. The van der Waals surface area contributed by atoms with Gasteiger partial charge in [0, 0.05) is 23.7 Å². The predicted octanol–water partition coefficient (Wildman–Crippen LogP) is 7.69. The summed E-state index contributed by atoms with van der Waals surface area (Å²) in [5.74, 6) is 0.746. The minimum absolute atomic E-state index is 0.0778. The maximum Gasteiger partial charge on any atom is 0.268 e. The molecule has 0 bridgehead atoms. The lowest BCUT2D eigenvalue weighted by Crippen LogP contribution is -2.30. The van der Waals surface area contributed by atoms with Gasteiger partial charge < -0.3 is 5.32 Å². The number of carbonyl (C=O) groups is 1. The van der Waals surface area contributed by atoms with Crippen molar-refractivity contribution in [1.29, 1.82) is 0 Å². The van der Waals surface area contributed by atoms with Crippen molar-refractivity contribution >= 4 is 32.5 Å². The molecule has 1 N–H and O–H groups in total. The first kappa shape index (κ1) is 27.9. The molecular weight excluding hydrogens is 542 g/mol. The monoisotopic (exact) mass is 577 g/mol. The van der Waals surface area contributed by atoms with Crippen molar-refractivity contribution in [2.75, 3.05) is 11.9 Å². The number of anilines is 1. The van der Waals surface area contributed by atoms with Gasteiger partial charge in [0.05, 0.1) is 27.6 Å². The van der Waals surface area contributed by atoms with Gasteiger partial charge in [-0.2, -0.15) is 0 Å². The molecule has 0 aliphatic carbocycles. The Bertz CT molecular complexity index is 1990. The molecule has 3 aromatic carbocycles. The fourth-order valence-electron chi connectivity index (χ4n) is 6.04. The first-order valence-electron chi connectivity index (χ1n) is 14.3. The Labute approximate surface area is 247 Å². The Hall–Kier alpha value is -4.23. The van der Waals surface area contributed by atoms with E-state index in [1.165, 1.54) is 9.54 Å². The van der Waals surface area contributed by atoms with Crippen molar-refractivity contribution in [1.82, 2.24) is 8.96 Å². The second-order valence-electron chi connectivity index (χ2n) is 11.7. The molecule has 0 fully saturated rings. The van der Waals surface area contributed by atoms with Gasteiger partial charge in [-0.1, -0.05) is 61.9 Å². The van der Waals surface area contributed by atoms with E-state index in [0.29, 0.717) is 35.1 Å². The van der Waals surface area contributed by atoms with E-state index >= 15 is 0 Å². The number of nitrogens with one attached hydrogen (secondary N) is 1. The lowest BCUT2D eigenvalue weighted by Gasteiger charge is -2.28. The van der Waals surface area contributed by atoms with Crippen LogP contribution in [0.5, 0.6) is 0 Å². The number of ketones is 1. The highest BCUT2D eigenvalue weighted by Crippen LogP contribution is 2.38. The van der Waals surface area contributed by atoms with Gasteiger partial charge in [0.15, 0.2) is 5.78 Å². The summed E-state index contributed by atoms with van der Waals surface area (Å²) in [4.78, 5) is 19.1. The molecule has 1 aliphatic rings. The third-order valence-electron chi connectivity index (χ3n) is 8.44. The van der Waals surface area contributed by atoms with E-state index in [-0.39, 0.29) is 16.6 Å². The minimum atomic E-state index is -3.80. The van der Waals surface area contributed by atoms with Gasteiger partial charge in [-0.25, -0.2) is 17.4 Å². The highest BCUT2D eigenvalue weighted by molar-refractivity contribution is 7.90. The van der Waals surface area contributed by atoms with Crippen LogP contribution in [0.15, 0.2) is 77.8 Å². The summed E-state index contributed by atoms with van der Waals surface area (Å²) in [5, 5.41) is 4.27. The molecule has 2 aromatic heterocycles. The van der Waals surface area contributed by atoms with Gasteiger partial charge in [0.1, 0.15) is 5.82 Å². The molecule has 214 valence electrons. The highest BCUT2D eigenvalue weighted by Gasteiger charge is 2.33. The first-order valence-corrected chi connectivity index (χ1v) is 15.7. The number of aromatic nitrogens is 2. The Balaban J connectivity index is 1.43. The van der Waals surface area contributed by atoms with Crippen molar-refractivity contribution in [3.05, 3.63) is 112 Å². The molecule has 0 amide bonds. The van der Waals surface area contributed by atoms with Crippen LogP contribution >= 0.6 is 0 Å². The summed E-state index contributed by atoms with van der Waals surface area (Å²) < 4.78 is 28.6. The van der Waals surface area contributed by atoms with Crippen LogP contribution in [-0.2, 0) is 10.0 Å². The van der Waals surface area contributed by atoms with Crippen molar-refractivity contribution < 1.29 is 13.2 Å². The van der Waals surface area contributed by atoms with Crippen LogP contribution in [-0.4, -0.2) is 29.7 Å². The molecule has 3 heterocycles. The molecule has 1 aliphatic heterocycles. The predicted molar refractivity (Wildman–Crippen MR) is 169 cm³/mol. The summed E-state index contributed by atoms with van der Waals surface area (Å²) >= 11 is 0. The second-order valence-corrected chi connectivity index (χ2v) is 13.6. The number of hydrogen-bond donors (Lipinski definition) is 1. The Morgan fingerprint density at radius 1 is 0.905 bits per heavy atom. The van der Waals surface area contributed by atoms with Gasteiger partial charge in [-0.15, -0.1) is 0 Å². The molecule has 1 atom stereocenters. The van der Waals surface area contributed by atoms with Gasteiger partial charge in [0.25, 0.3) is 10.0 Å². The van der Waals surface area contributed by atoms with Crippen molar-refractivity contribution in [3.63, 3.8) is 0 Å². The van der Waals surface area contributed by atoms with E-state index in [2.05, 4.69) is 44.3 Å². The molecule has 7 heteroatoms. The van der Waals surface area contributed by atoms with Gasteiger partial charge in [-0.3, -0.25) is 4.79 Å². The third kappa shape index (κ3) is 4.52. The smallest absolute Gasteiger partial charge is 0.268 e. The number of benzene rings is 3. The lowest BCUT2D eigenvalue weighted by molar-refractivity contribution is 0.0959. The summed E-state index contributed by atoms with van der Waals surface area (Å²) in [7, 11) is -3.80.